The first-order chi connectivity index (χ1) is 8.31. The minimum atomic E-state index is 0.108. The first-order valence-corrected chi connectivity index (χ1v) is 7.54. The molecule has 1 heterocycles. The van der Waals surface area contributed by atoms with Crippen molar-refractivity contribution in [1.29, 1.82) is 0 Å². The van der Waals surface area contributed by atoms with Gasteiger partial charge in [-0.3, -0.25) is 0 Å². The molecule has 0 fully saturated rings. The fraction of sp³-hybridized carbons (Fsp3) is 0.786. The van der Waals surface area contributed by atoms with Crippen LogP contribution in [-0.4, -0.2) is 24.6 Å². The fourth-order valence-corrected chi connectivity index (χ4v) is 3.53. The van der Waals surface area contributed by atoms with E-state index >= 15 is 0 Å². The number of thiazole rings is 1. The second-order valence-corrected chi connectivity index (χ2v) is 6.99. The maximum absolute atomic E-state index is 4.90. The first-order valence-electron chi connectivity index (χ1n) is 6.72. The molecule has 0 amide bonds. The van der Waals surface area contributed by atoms with Crippen LogP contribution in [0.4, 0.5) is 5.13 Å². The normalized spacial score (nSPS) is 12.2. The third-order valence-corrected chi connectivity index (χ3v) is 4.04. The Morgan fingerprint density at radius 3 is 2.33 bits per heavy atom. The van der Waals surface area contributed by atoms with E-state index in [2.05, 4.69) is 51.8 Å². The molecule has 1 N–H and O–H groups in total. The number of nitrogens with one attached hydrogen (secondary N) is 1. The summed E-state index contributed by atoms with van der Waals surface area (Å²) in [6.45, 7) is 15.2. The second-order valence-electron chi connectivity index (χ2n) is 5.93. The van der Waals surface area contributed by atoms with Gasteiger partial charge < -0.3 is 10.2 Å². The van der Waals surface area contributed by atoms with Gasteiger partial charge in [-0.1, -0.05) is 20.8 Å². The Labute approximate surface area is 116 Å². The van der Waals surface area contributed by atoms with Crippen LogP contribution in [0, 0.1) is 0 Å². The molecule has 0 saturated carbocycles. The zero-order valence-electron chi connectivity index (χ0n) is 12.8. The van der Waals surface area contributed by atoms with E-state index in [4.69, 9.17) is 4.98 Å². The van der Waals surface area contributed by atoms with Crippen molar-refractivity contribution in [3.63, 3.8) is 0 Å². The van der Waals surface area contributed by atoms with Crippen LogP contribution in [0.5, 0.6) is 0 Å². The molecule has 3 nitrogen and oxygen atoms in total. The molecule has 1 aromatic rings. The molecule has 0 unspecified atom stereocenters. The zero-order valence-corrected chi connectivity index (χ0v) is 13.6. The first kappa shape index (κ1) is 15.4. The van der Waals surface area contributed by atoms with Crippen LogP contribution in [0.25, 0.3) is 0 Å². The summed E-state index contributed by atoms with van der Waals surface area (Å²) in [4.78, 5) is 8.62. The van der Waals surface area contributed by atoms with Crippen LogP contribution < -0.4 is 10.2 Å². The molecule has 1 rings (SSSR count). The highest BCUT2D eigenvalue weighted by atomic mass is 32.1. The summed E-state index contributed by atoms with van der Waals surface area (Å²) in [5.74, 6) is 0. The average Bonchev–Trinajstić information content (AvgIpc) is 2.62. The van der Waals surface area contributed by atoms with Gasteiger partial charge in [-0.25, -0.2) is 4.98 Å². The molecule has 0 radical (unpaired) electrons. The lowest BCUT2D eigenvalue weighted by molar-refractivity contribution is 0.561. The molecule has 0 bridgehead atoms. The maximum Gasteiger partial charge on any atom is 0.186 e. The Balaban J connectivity index is 3.16. The molecule has 1 aromatic heterocycles. The van der Waals surface area contributed by atoms with Crippen molar-refractivity contribution in [3.05, 3.63) is 10.6 Å². The second kappa shape index (κ2) is 6.02. The van der Waals surface area contributed by atoms with Gasteiger partial charge >= 0.3 is 0 Å². The summed E-state index contributed by atoms with van der Waals surface area (Å²) in [7, 11) is 1.99. The van der Waals surface area contributed by atoms with Crippen LogP contribution in [0.15, 0.2) is 0 Å². The standard InChI is InChI=1S/C14H27N3S/c1-8-17(10(2)3)13-16-12(14(4,5)6)11(18-13)9-15-7/h10,15H,8-9H2,1-7H3. The Kier molecular flexibility index (Phi) is 5.17. The molecule has 104 valence electrons. The van der Waals surface area contributed by atoms with E-state index in [-0.39, 0.29) is 5.41 Å². The number of aromatic nitrogens is 1. The van der Waals surface area contributed by atoms with Crippen molar-refractivity contribution >= 4 is 16.5 Å². The van der Waals surface area contributed by atoms with Crippen molar-refractivity contribution in [3.8, 4) is 0 Å². The van der Waals surface area contributed by atoms with Crippen molar-refractivity contribution in [2.45, 2.75) is 59.5 Å². The van der Waals surface area contributed by atoms with Crippen LogP contribution >= 0.6 is 11.3 Å². The van der Waals surface area contributed by atoms with Gasteiger partial charge in [0, 0.05) is 29.4 Å². The van der Waals surface area contributed by atoms with Gasteiger partial charge in [-0.2, -0.15) is 0 Å². The molecular formula is C14H27N3S. The van der Waals surface area contributed by atoms with Gasteiger partial charge in [0.25, 0.3) is 0 Å². The number of hydrogen-bond acceptors (Lipinski definition) is 4. The number of hydrogen-bond donors (Lipinski definition) is 1. The molecular weight excluding hydrogens is 242 g/mol. The fourth-order valence-electron chi connectivity index (χ4n) is 2.05. The van der Waals surface area contributed by atoms with Gasteiger partial charge in [-0.05, 0) is 27.8 Å². The van der Waals surface area contributed by atoms with Gasteiger partial charge in [0.15, 0.2) is 5.13 Å². The highest BCUT2D eigenvalue weighted by molar-refractivity contribution is 7.15. The van der Waals surface area contributed by atoms with Gasteiger partial charge in [0.05, 0.1) is 5.69 Å². The van der Waals surface area contributed by atoms with Gasteiger partial charge in [0.1, 0.15) is 0 Å². The largest absolute Gasteiger partial charge is 0.346 e. The van der Waals surface area contributed by atoms with Crippen molar-refractivity contribution < 1.29 is 0 Å². The zero-order chi connectivity index (χ0) is 13.9. The minimum Gasteiger partial charge on any atom is -0.346 e. The number of rotatable bonds is 5. The van der Waals surface area contributed by atoms with E-state index in [1.807, 2.05) is 18.4 Å². The number of nitrogens with zero attached hydrogens (tertiary/aromatic N) is 2. The Bertz CT molecular complexity index is 377. The highest BCUT2D eigenvalue weighted by Gasteiger charge is 2.25. The molecule has 18 heavy (non-hydrogen) atoms. The van der Waals surface area contributed by atoms with Gasteiger partial charge in [-0.15, -0.1) is 11.3 Å². The lowest BCUT2D eigenvalue weighted by Gasteiger charge is -2.24. The van der Waals surface area contributed by atoms with Crippen LogP contribution in [0.3, 0.4) is 0 Å². The Hall–Kier alpha value is -0.610. The summed E-state index contributed by atoms with van der Waals surface area (Å²) in [5.41, 5.74) is 1.34. The van der Waals surface area contributed by atoms with E-state index in [1.165, 1.54) is 10.6 Å². The topological polar surface area (TPSA) is 28.2 Å². The number of anilines is 1. The molecule has 0 atom stereocenters. The van der Waals surface area contributed by atoms with E-state index in [0.29, 0.717) is 6.04 Å². The third kappa shape index (κ3) is 3.45. The van der Waals surface area contributed by atoms with Crippen LogP contribution in [-0.2, 0) is 12.0 Å². The maximum atomic E-state index is 4.90. The summed E-state index contributed by atoms with van der Waals surface area (Å²) >= 11 is 1.82. The van der Waals surface area contributed by atoms with E-state index in [1.54, 1.807) is 0 Å². The SMILES string of the molecule is CCN(c1nc(C(C)(C)C)c(CNC)s1)C(C)C. The summed E-state index contributed by atoms with van der Waals surface area (Å²) in [5, 5.41) is 4.40. The lowest BCUT2D eigenvalue weighted by atomic mass is 9.91. The smallest absolute Gasteiger partial charge is 0.186 e. The van der Waals surface area contributed by atoms with E-state index < -0.39 is 0 Å². The van der Waals surface area contributed by atoms with Crippen molar-refractivity contribution in [2.75, 3.05) is 18.5 Å². The molecule has 4 heteroatoms. The van der Waals surface area contributed by atoms with E-state index in [0.717, 1.165) is 18.2 Å². The highest BCUT2D eigenvalue weighted by Crippen LogP contribution is 2.34. The lowest BCUT2D eigenvalue weighted by Crippen LogP contribution is -2.30. The summed E-state index contributed by atoms with van der Waals surface area (Å²) < 4.78 is 0. The summed E-state index contributed by atoms with van der Waals surface area (Å²) in [6, 6.07) is 0.497. The van der Waals surface area contributed by atoms with E-state index in [9.17, 15) is 0 Å². The predicted molar refractivity (Wildman–Crippen MR) is 81.7 cm³/mol. The molecule has 0 saturated heterocycles. The van der Waals surface area contributed by atoms with Gasteiger partial charge in [0.2, 0.25) is 0 Å². The molecule has 0 aromatic carbocycles. The molecule has 0 aliphatic heterocycles. The minimum absolute atomic E-state index is 0.108. The summed E-state index contributed by atoms with van der Waals surface area (Å²) in [6.07, 6.45) is 0. The van der Waals surface area contributed by atoms with Crippen LogP contribution in [0.1, 0.15) is 52.1 Å². The molecule has 0 spiro atoms. The Morgan fingerprint density at radius 2 is 1.94 bits per heavy atom. The monoisotopic (exact) mass is 269 g/mol. The average molecular weight is 269 g/mol. The Morgan fingerprint density at radius 1 is 1.33 bits per heavy atom. The van der Waals surface area contributed by atoms with Crippen LogP contribution in [0.2, 0.25) is 0 Å². The molecule has 0 aliphatic carbocycles. The molecule has 0 aliphatic rings. The quantitative estimate of drug-likeness (QED) is 0.888. The van der Waals surface area contributed by atoms with Crippen molar-refractivity contribution in [1.82, 2.24) is 10.3 Å². The van der Waals surface area contributed by atoms with Crippen molar-refractivity contribution in [2.24, 2.45) is 0 Å². The third-order valence-electron chi connectivity index (χ3n) is 2.94. The predicted octanol–water partition coefficient (Wildman–Crippen LogP) is 3.39.